The van der Waals surface area contributed by atoms with E-state index in [4.69, 9.17) is 4.74 Å². The molecule has 18 heavy (non-hydrogen) atoms. The number of hydrogen-bond acceptors (Lipinski definition) is 5. The highest BCUT2D eigenvalue weighted by atomic mass is 35.5. The Morgan fingerprint density at radius 2 is 2.11 bits per heavy atom. The third-order valence-electron chi connectivity index (χ3n) is 2.64. The predicted molar refractivity (Wildman–Crippen MR) is 68.6 cm³/mol. The second-order valence-corrected chi connectivity index (χ2v) is 4.32. The van der Waals surface area contributed by atoms with Crippen LogP contribution in [-0.2, 0) is 19.1 Å². The van der Waals surface area contributed by atoms with Gasteiger partial charge in [0.25, 0.3) is 5.91 Å². The maximum atomic E-state index is 11.8. The van der Waals surface area contributed by atoms with Gasteiger partial charge in [-0.1, -0.05) is 13.8 Å². The number of ether oxygens (including phenoxy) is 2. The van der Waals surface area contributed by atoms with Crippen molar-refractivity contribution >= 4 is 24.3 Å². The molecule has 6 nitrogen and oxygen atoms in total. The van der Waals surface area contributed by atoms with Gasteiger partial charge in [-0.05, 0) is 5.92 Å². The fraction of sp³-hybridized carbons (Fsp3) is 0.818. The quantitative estimate of drug-likeness (QED) is 0.692. The molecule has 0 aromatic heterocycles. The maximum absolute atomic E-state index is 11.8. The minimum Gasteiger partial charge on any atom is -0.467 e. The molecule has 7 heteroatoms. The van der Waals surface area contributed by atoms with Gasteiger partial charge in [0.15, 0.2) is 0 Å². The zero-order valence-corrected chi connectivity index (χ0v) is 11.7. The Kier molecular flexibility index (Phi) is 7.90. The Morgan fingerprint density at radius 3 is 2.56 bits per heavy atom. The van der Waals surface area contributed by atoms with Crippen molar-refractivity contribution in [1.82, 2.24) is 10.6 Å². The van der Waals surface area contributed by atoms with Gasteiger partial charge >= 0.3 is 5.97 Å². The smallest absolute Gasteiger partial charge is 0.328 e. The number of rotatable bonds is 4. The second kappa shape index (κ2) is 8.29. The number of hydrogen-bond donors (Lipinski definition) is 2. The summed E-state index contributed by atoms with van der Waals surface area (Å²) in [5.74, 6) is -0.735. The lowest BCUT2D eigenvalue weighted by atomic mass is 10.0. The first kappa shape index (κ1) is 17.2. The molecule has 0 bridgehead atoms. The van der Waals surface area contributed by atoms with Gasteiger partial charge in [-0.3, -0.25) is 4.79 Å². The monoisotopic (exact) mass is 280 g/mol. The largest absolute Gasteiger partial charge is 0.467 e. The highest BCUT2D eigenvalue weighted by Gasteiger charge is 2.29. The first-order valence-corrected chi connectivity index (χ1v) is 5.76. The molecule has 2 atom stereocenters. The standard InChI is InChI=1S/C11H20N2O4.ClH/c1-7(2)9(11(15)16-3)13-10(14)8-6-12-4-5-17-8;/h7-9,12H,4-6H2,1-3H3,(H,13,14);1H. The van der Waals surface area contributed by atoms with E-state index in [9.17, 15) is 9.59 Å². The van der Waals surface area contributed by atoms with Crippen LogP contribution in [0.1, 0.15) is 13.8 Å². The fourth-order valence-corrected chi connectivity index (χ4v) is 1.60. The maximum Gasteiger partial charge on any atom is 0.328 e. The molecular weight excluding hydrogens is 260 g/mol. The highest BCUT2D eigenvalue weighted by Crippen LogP contribution is 2.05. The van der Waals surface area contributed by atoms with Crippen molar-refractivity contribution in [2.24, 2.45) is 5.92 Å². The third kappa shape index (κ3) is 4.80. The fourth-order valence-electron chi connectivity index (χ4n) is 1.60. The topological polar surface area (TPSA) is 76.7 Å². The van der Waals surface area contributed by atoms with Crippen LogP contribution in [0.4, 0.5) is 0 Å². The summed E-state index contributed by atoms with van der Waals surface area (Å²) >= 11 is 0. The van der Waals surface area contributed by atoms with Gasteiger partial charge in [-0.15, -0.1) is 12.4 Å². The lowest BCUT2D eigenvalue weighted by molar-refractivity contribution is -0.148. The van der Waals surface area contributed by atoms with Crippen molar-refractivity contribution < 1.29 is 19.1 Å². The summed E-state index contributed by atoms with van der Waals surface area (Å²) in [6.45, 7) is 5.42. The number of morpholine rings is 1. The summed E-state index contributed by atoms with van der Waals surface area (Å²) in [6.07, 6.45) is -0.533. The number of methoxy groups -OCH3 is 1. The van der Waals surface area contributed by atoms with Gasteiger partial charge in [0.1, 0.15) is 12.1 Å². The molecule has 2 unspecified atom stereocenters. The number of esters is 1. The minimum atomic E-state index is -0.627. The van der Waals surface area contributed by atoms with Crippen LogP contribution in [0.3, 0.4) is 0 Å². The van der Waals surface area contributed by atoms with Gasteiger partial charge in [-0.25, -0.2) is 4.79 Å². The first-order chi connectivity index (χ1) is 8.06. The Balaban J connectivity index is 0.00000289. The predicted octanol–water partition coefficient (Wildman–Crippen LogP) is -0.290. The van der Waals surface area contributed by atoms with Gasteiger partial charge in [0, 0.05) is 13.1 Å². The summed E-state index contributed by atoms with van der Waals surface area (Å²) in [5.41, 5.74) is 0. The van der Waals surface area contributed by atoms with Crippen LogP contribution in [0, 0.1) is 5.92 Å². The summed E-state index contributed by atoms with van der Waals surface area (Å²) < 4.78 is 9.96. The van der Waals surface area contributed by atoms with Gasteiger partial charge in [0.05, 0.1) is 13.7 Å². The molecule has 2 N–H and O–H groups in total. The second-order valence-electron chi connectivity index (χ2n) is 4.32. The van der Waals surface area contributed by atoms with Crippen LogP contribution in [0.15, 0.2) is 0 Å². The molecule has 1 fully saturated rings. The molecule has 0 spiro atoms. The van der Waals surface area contributed by atoms with Crippen LogP contribution in [0.2, 0.25) is 0 Å². The average Bonchev–Trinajstić information content (AvgIpc) is 2.35. The van der Waals surface area contributed by atoms with Crippen molar-refractivity contribution in [3.8, 4) is 0 Å². The van der Waals surface area contributed by atoms with E-state index in [1.165, 1.54) is 7.11 Å². The normalized spacial score (nSPS) is 20.8. The first-order valence-electron chi connectivity index (χ1n) is 5.76. The van der Waals surface area contributed by atoms with E-state index >= 15 is 0 Å². The summed E-state index contributed by atoms with van der Waals surface area (Å²) in [6, 6.07) is -0.627. The molecule has 0 aromatic rings. The molecule has 1 aliphatic heterocycles. The molecule has 106 valence electrons. The van der Waals surface area contributed by atoms with E-state index < -0.39 is 18.1 Å². The van der Waals surface area contributed by atoms with E-state index in [-0.39, 0.29) is 24.2 Å². The number of amides is 1. The van der Waals surface area contributed by atoms with Gasteiger partial charge in [0.2, 0.25) is 0 Å². The van der Waals surface area contributed by atoms with Crippen molar-refractivity contribution in [3.05, 3.63) is 0 Å². The van der Waals surface area contributed by atoms with Gasteiger partial charge < -0.3 is 20.1 Å². The lowest BCUT2D eigenvalue weighted by Gasteiger charge is -2.26. The molecule has 1 aliphatic rings. The molecule has 1 rings (SSSR count). The molecule has 1 saturated heterocycles. The number of halogens is 1. The lowest BCUT2D eigenvalue weighted by Crippen LogP contribution is -2.53. The van der Waals surface area contributed by atoms with E-state index in [2.05, 4.69) is 15.4 Å². The Hall–Kier alpha value is -0.850. The Bertz CT molecular complexity index is 280. The summed E-state index contributed by atoms with van der Waals surface area (Å²) in [5, 5.41) is 5.72. The van der Waals surface area contributed by atoms with Crippen molar-refractivity contribution in [3.63, 3.8) is 0 Å². The summed E-state index contributed by atoms with van der Waals surface area (Å²) in [4.78, 5) is 23.3. The molecule has 0 aromatic carbocycles. The van der Waals surface area contributed by atoms with Crippen LogP contribution in [-0.4, -0.2) is 50.8 Å². The zero-order chi connectivity index (χ0) is 12.8. The van der Waals surface area contributed by atoms with Crippen molar-refractivity contribution in [2.75, 3.05) is 26.8 Å². The molecular formula is C11H21ClN2O4. The van der Waals surface area contributed by atoms with E-state index in [0.717, 1.165) is 6.54 Å². The zero-order valence-electron chi connectivity index (χ0n) is 10.9. The summed E-state index contributed by atoms with van der Waals surface area (Å²) in [7, 11) is 1.31. The molecule has 0 saturated carbocycles. The Morgan fingerprint density at radius 1 is 1.44 bits per heavy atom. The van der Waals surface area contributed by atoms with E-state index in [1.54, 1.807) is 0 Å². The minimum absolute atomic E-state index is 0. The average molecular weight is 281 g/mol. The third-order valence-corrected chi connectivity index (χ3v) is 2.64. The van der Waals surface area contributed by atoms with Crippen molar-refractivity contribution in [2.45, 2.75) is 26.0 Å². The molecule has 1 amide bonds. The SMILES string of the molecule is COC(=O)C(NC(=O)C1CNCCO1)C(C)C.Cl. The van der Waals surface area contributed by atoms with Crippen LogP contribution < -0.4 is 10.6 Å². The Labute approximate surface area is 113 Å². The number of carbonyl (C=O) groups is 2. The highest BCUT2D eigenvalue weighted by molar-refractivity contribution is 5.87. The molecule has 0 radical (unpaired) electrons. The van der Waals surface area contributed by atoms with E-state index in [0.29, 0.717) is 13.2 Å². The number of carbonyl (C=O) groups excluding carboxylic acids is 2. The van der Waals surface area contributed by atoms with Gasteiger partial charge in [-0.2, -0.15) is 0 Å². The molecule has 0 aliphatic carbocycles. The van der Waals surface area contributed by atoms with Crippen LogP contribution in [0.5, 0.6) is 0 Å². The van der Waals surface area contributed by atoms with E-state index in [1.807, 2.05) is 13.8 Å². The van der Waals surface area contributed by atoms with Crippen molar-refractivity contribution in [1.29, 1.82) is 0 Å². The van der Waals surface area contributed by atoms with Crippen LogP contribution >= 0.6 is 12.4 Å². The van der Waals surface area contributed by atoms with Crippen LogP contribution in [0.25, 0.3) is 0 Å². The molecule has 1 heterocycles. The number of nitrogens with one attached hydrogen (secondary N) is 2.